The molecule has 0 aliphatic carbocycles. The Bertz CT molecular complexity index is 733. The van der Waals surface area contributed by atoms with Gasteiger partial charge in [-0.3, -0.25) is 0 Å². The maximum Gasteiger partial charge on any atom is 0.0645 e. The van der Waals surface area contributed by atoms with Crippen LogP contribution in [0.1, 0.15) is 17.2 Å². The first-order valence-corrected chi connectivity index (χ1v) is 7.22. The van der Waals surface area contributed by atoms with Crippen LogP contribution in [-0.2, 0) is 0 Å². The number of benzene rings is 2. The normalized spacial score (nSPS) is 12.3. The van der Waals surface area contributed by atoms with Crippen molar-refractivity contribution in [3.63, 3.8) is 0 Å². The second-order valence-electron chi connectivity index (χ2n) is 4.67. The number of rotatable bonds is 3. The van der Waals surface area contributed by atoms with Gasteiger partial charge in [-0.05, 0) is 24.3 Å². The summed E-state index contributed by atoms with van der Waals surface area (Å²) in [5.74, 6) is 0. The summed E-state index contributed by atoms with van der Waals surface area (Å²) in [6, 6.07) is 14.8. The Kier molecular flexibility index (Phi) is 3.97. The van der Waals surface area contributed by atoms with E-state index < -0.39 is 6.04 Å². The number of nitrogens with two attached hydrogens (primary N) is 1. The minimum atomic E-state index is -0.413. The molecule has 1 heterocycles. The van der Waals surface area contributed by atoms with Gasteiger partial charge in [0.15, 0.2) is 0 Å². The Morgan fingerprint density at radius 2 is 1.62 bits per heavy atom. The molecule has 0 radical (unpaired) electrons. The van der Waals surface area contributed by atoms with Gasteiger partial charge in [-0.15, -0.1) is 0 Å². The fraction of sp³-hybridized carbons (Fsp3) is 0.0625. The first-order chi connectivity index (χ1) is 10.2. The second kappa shape index (κ2) is 5.90. The fourth-order valence-electron chi connectivity index (χ4n) is 2.19. The van der Waals surface area contributed by atoms with E-state index in [-0.39, 0.29) is 0 Å². The van der Waals surface area contributed by atoms with E-state index >= 15 is 0 Å². The average Bonchev–Trinajstić information content (AvgIpc) is 2.97. The maximum atomic E-state index is 6.29. The van der Waals surface area contributed by atoms with Crippen LogP contribution in [0.2, 0.25) is 10.0 Å². The lowest BCUT2D eigenvalue weighted by Gasteiger charge is -2.13. The molecule has 5 heteroatoms. The van der Waals surface area contributed by atoms with Gasteiger partial charge in [0.25, 0.3) is 0 Å². The standard InChI is InChI=1S/C16H13Cl2N3/c17-13-7-4-8-14(18)15(13)16(19)11-9-20-21(10-11)12-5-2-1-3-6-12/h1-10,16H,19H2. The highest BCUT2D eigenvalue weighted by atomic mass is 35.5. The summed E-state index contributed by atoms with van der Waals surface area (Å²) < 4.78 is 1.78. The SMILES string of the molecule is NC(c1cnn(-c2ccccc2)c1)c1c(Cl)cccc1Cl. The van der Waals surface area contributed by atoms with Crippen LogP contribution in [0.5, 0.6) is 0 Å². The summed E-state index contributed by atoms with van der Waals surface area (Å²) in [6.07, 6.45) is 3.62. The first kappa shape index (κ1) is 14.1. The third-order valence-corrected chi connectivity index (χ3v) is 3.95. The number of hydrogen-bond acceptors (Lipinski definition) is 2. The third kappa shape index (κ3) is 2.81. The summed E-state index contributed by atoms with van der Waals surface area (Å²) in [6.45, 7) is 0. The van der Waals surface area contributed by atoms with Crippen LogP contribution in [0.25, 0.3) is 5.69 Å². The number of aromatic nitrogens is 2. The second-order valence-corrected chi connectivity index (χ2v) is 5.48. The van der Waals surface area contributed by atoms with E-state index in [1.807, 2.05) is 36.5 Å². The zero-order valence-corrected chi connectivity index (χ0v) is 12.6. The summed E-state index contributed by atoms with van der Waals surface area (Å²) in [5.41, 5.74) is 8.83. The molecule has 3 rings (SSSR count). The molecule has 1 aromatic heterocycles. The molecular weight excluding hydrogens is 305 g/mol. The summed E-state index contributed by atoms with van der Waals surface area (Å²) in [4.78, 5) is 0. The van der Waals surface area contributed by atoms with Crippen LogP contribution in [-0.4, -0.2) is 9.78 Å². The van der Waals surface area contributed by atoms with Gasteiger partial charge < -0.3 is 5.73 Å². The third-order valence-electron chi connectivity index (χ3n) is 3.29. The Balaban J connectivity index is 1.97. The van der Waals surface area contributed by atoms with Gasteiger partial charge in [0.1, 0.15) is 0 Å². The Hall–Kier alpha value is -1.81. The quantitative estimate of drug-likeness (QED) is 0.785. The van der Waals surface area contributed by atoms with Crippen molar-refractivity contribution in [2.75, 3.05) is 0 Å². The van der Waals surface area contributed by atoms with Crippen LogP contribution < -0.4 is 5.73 Å². The molecule has 0 saturated carbocycles. The van der Waals surface area contributed by atoms with E-state index in [4.69, 9.17) is 28.9 Å². The number of nitrogens with zero attached hydrogens (tertiary/aromatic N) is 2. The Labute approximate surface area is 132 Å². The van der Waals surface area contributed by atoms with Crippen molar-refractivity contribution in [2.45, 2.75) is 6.04 Å². The van der Waals surface area contributed by atoms with Crippen LogP contribution in [0.3, 0.4) is 0 Å². The highest BCUT2D eigenvalue weighted by molar-refractivity contribution is 6.36. The minimum Gasteiger partial charge on any atom is -0.320 e. The Morgan fingerprint density at radius 1 is 0.952 bits per heavy atom. The van der Waals surface area contributed by atoms with Gasteiger partial charge >= 0.3 is 0 Å². The van der Waals surface area contributed by atoms with Gasteiger partial charge in [-0.2, -0.15) is 5.10 Å². The van der Waals surface area contributed by atoms with Crippen molar-refractivity contribution >= 4 is 23.2 Å². The van der Waals surface area contributed by atoms with Crippen molar-refractivity contribution < 1.29 is 0 Å². The first-order valence-electron chi connectivity index (χ1n) is 6.46. The summed E-state index contributed by atoms with van der Waals surface area (Å²) in [7, 11) is 0. The molecule has 0 aliphatic heterocycles. The molecule has 3 aromatic rings. The van der Waals surface area contributed by atoms with E-state index in [0.29, 0.717) is 15.6 Å². The predicted molar refractivity (Wildman–Crippen MR) is 86.1 cm³/mol. The van der Waals surface area contributed by atoms with Crippen LogP contribution in [0, 0.1) is 0 Å². The van der Waals surface area contributed by atoms with Gasteiger partial charge in [-0.25, -0.2) is 4.68 Å². The number of halogens is 2. The molecule has 0 bridgehead atoms. The smallest absolute Gasteiger partial charge is 0.0645 e. The van der Waals surface area contributed by atoms with Gasteiger partial charge in [-0.1, -0.05) is 47.5 Å². The molecule has 0 aliphatic rings. The van der Waals surface area contributed by atoms with Crippen molar-refractivity contribution in [2.24, 2.45) is 5.73 Å². The Morgan fingerprint density at radius 3 is 2.29 bits per heavy atom. The van der Waals surface area contributed by atoms with Crippen LogP contribution in [0.15, 0.2) is 60.9 Å². The number of hydrogen-bond donors (Lipinski definition) is 1. The average molecular weight is 318 g/mol. The van der Waals surface area contributed by atoms with Crippen LogP contribution >= 0.6 is 23.2 Å². The molecule has 106 valence electrons. The monoisotopic (exact) mass is 317 g/mol. The highest BCUT2D eigenvalue weighted by Crippen LogP contribution is 2.32. The molecule has 0 saturated heterocycles. The van der Waals surface area contributed by atoms with Crippen molar-refractivity contribution in [3.05, 3.63) is 82.1 Å². The van der Waals surface area contributed by atoms with Gasteiger partial charge in [0.05, 0.1) is 17.9 Å². The molecule has 3 nitrogen and oxygen atoms in total. The lowest BCUT2D eigenvalue weighted by atomic mass is 10.0. The van der Waals surface area contributed by atoms with Crippen molar-refractivity contribution in [1.29, 1.82) is 0 Å². The zero-order chi connectivity index (χ0) is 14.8. The highest BCUT2D eigenvalue weighted by Gasteiger charge is 2.17. The van der Waals surface area contributed by atoms with Gasteiger partial charge in [0.2, 0.25) is 0 Å². The maximum absolute atomic E-state index is 6.29. The minimum absolute atomic E-state index is 0.413. The summed E-state index contributed by atoms with van der Waals surface area (Å²) in [5, 5.41) is 5.46. The molecule has 0 amide bonds. The zero-order valence-electron chi connectivity index (χ0n) is 11.1. The largest absolute Gasteiger partial charge is 0.320 e. The topological polar surface area (TPSA) is 43.8 Å². The molecule has 2 aromatic carbocycles. The van der Waals surface area contributed by atoms with E-state index in [1.54, 1.807) is 29.1 Å². The van der Waals surface area contributed by atoms with E-state index in [2.05, 4.69) is 5.10 Å². The molecule has 1 atom stereocenters. The molecule has 2 N–H and O–H groups in total. The summed E-state index contributed by atoms with van der Waals surface area (Å²) >= 11 is 12.4. The molecule has 0 fully saturated rings. The lowest BCUT2D eigenvalue weighted by Crippen LogP contribution is -2.12. The molecular formula is C16H13Cl2N3. The van der Waals surface area contributed by atoms with E-state index in [1.165, 1.54) is 0 Å². The molecule has 0 spiro atoms. The predicted octanol–water partition coefficient (Wildman–Crippen LogP) is 4.23. The lowest BCUT2D eigenvalue weighted by molar-refractivity contribution is 0.862. The van der Waals surface area contributed by atoms with Gasteiger partial charge in [0, 0.05) is 27.4 Å². The van der Waals surface area contributed by atoms with Crippen molar-refractivity contribution in [1.82, 2.24) is 9.78 Å². The number of para-hydroxylation sites is 1. The fourth-order valence-corrected chi connectivity index (χ4v) is 2.83. The van der Waals surface area contributed by atoms with Crippen molar-refractivity contribution in [3.8, 4) is 5.69 Å². The van der Waals surface area contributed by atoms with Crippen LogP contribution in [0.4, 0.5) is 0 Å². The van der Waals surface area contributed by atoms with E-state index in [9.17, 15) is 0 Å². The molecule has 1 unspecified atom stereocenters. The van der Waals surface area contributed by atoms with E-state index in [0.717, 1.165) is 11.3 Å². The molecule has 21 heavy (non-hydrogen) atoms.